The first-order chi connectivity index (χ1) is 9.89. The van der Waals surface area contributed by atoms with Gasteiger partial charge in [0.2, 0.25) is 4.73 Å². The third-order valence-corrected chi connectivity index (χ3v) is 3.12. The number of alkyl halides is 2. The monoisotopic (exact) mass is 359 g/mol. The summed E-state index contributed by atoms with van der Waals surface area (Å²) in [7, 11) is 0. The lowest BCUT2D eigenvalue weighted by Gasteiger charge is -2.13. The SMILES string of the molecule is CCCCc1nc(Br)nn1-c1ccc(OC(C)(F)F)cc1. The van der Waals surface area contributed by atoms with Gasteiger partial charge in [-0.1, -0.05) is 13.3 Å². The van der Waals surface area contributed by atoms with E-state index in [0.29, 0.717) is 11.7 Å². The third-order valence-electron chi connectivity index (χ3n) is 2.78. The lowest BCUT2D eigenvalue weighted by molar-refractivity contribution is -0.158. The molecule has 7 heteroatoms. The predicted molar refractivity (Wildman–Crippen MR) is 78.9 cm³/mol. The number of benzene rings is 1. The van der Waals surface area contributed by atoms with Gasteiger partial charge in [0, 0.05) is 13.3 Å². The standard InChI is InChI=1S/C14H16BrF2N3O/c1-3-4-5-12-18-13(15)19-20(12)10-6-8-11(9-7-10)21-14(2,16)17/h6-9H,3-5H2,1-2H3. The molecule has 21 heavy (non-hydrogen) atoms. The smallest absolute Gasteiger partial charge is 0.394 e. The number of hydrogen-bond donors (Lipinski definition) is 0. The summed E-state index contributed by atoms with van der Waals surface area (Å²) in [5, 5.41) is 4.27. The molecule has 0 N–H and O–H groups in total. The van der Waals surface area contributed by atoms with Crippen LogP contribution in [0.2, 0.25) is 0 Å². The predicted octanol–water partition coefficient (Wildman–Crippen LogP) is 4.36. The van der Waals surface area contributed by atoms with Gasteiger partial charge in [0.15, 0.2) is 0 Å². The van der Waals surface area contributed by atoms with E-state index in [1.807, 2.05) is 0 Å². The fraction of sp³-hybridized carbons (Fsp3) is 0.429. The summed E-state index contributed by atoms with van der Waals surface area (Å²) in [6.45, 7) is 2.81. The molecule has 4 nitrogen and oxygen atoms in total. The van der Waals surface area contributed by atoms with Gasteiger partial charge >= 0.3 is 6.11 Å². The fourth-order valence-electron chi connectivity index (χ4n) is 1.88. The van der Waals surface area contributed by atoms with Crippen molar-refractivity contribution in [2.45, 2.75) is 39.2 Å². The molecule has 0 aliphatic heterocycles. The van der Waals surface area contributed by atoms with Crippen molar-refractivity contribution in [2.24, 2.45) is 0 Å². The molecule has 1 aromatic carbocycles. The summed E-state index contributed by atoms with van der Waals surface area (Å²) >= 11 is 3.26. The zero-order valence-corrected chi connectivity index (χ0v) is 13.4. The van der Waals surface area contributed by atoms with Crippen LogP contribution in [0.5, 0.6) is 5.75 Å². The Balaban J connectivity index is 2.22. The highest BCUT2D eigenvalue weighted by atomic mass is 79.9. The molecule has 0 aliphatic rings. The maximum Gasteiger partial charge on any atom is 0.394 e. The van der Waals surface area contributed by atoms with E-state index in [9.17, 15) is 8.78 Å². The van der Waals surface area contributed by atoms with Crippen molar-refractivity contribution < 1.29 is 13.5 Å². The summed E-state index contributed by atoms with van der Waals surface area (Å²) < 4.78 is 32.3. The van der Waals surface area contributed by atoms with E-state index in [4.69, 9.17) is 0 Å². The molecule has 0 atom stereocenters. The van der Waals surface area contributed by atoms with E-state index in [1.165, 1.54) is 12.1 Å². The van der Waals surface area contributed by atoms with Gasteiger partial charge in [-0.3, -0.25) is 0 Å². The molecule has 1 aromatic heterocycles. The van der Waals surface area contributed by atoms with Crippen molar-refractivity contribution >= 4 is 15.9 Å². The quantitative estimate of drug-likeness (QED) is 0.768. The summed E-state index contributed by atoms with van der Waals surface area (Å²) in [6.07, 6.45) is -0.318. The van der Waals surface area contributed by atoms with E-state index in [1.54, 1.807) is 16.8 Å². The fourth-order valence-corrected chi connectivity index (χ4v) is 2.25. The van der Waals surface area contributed by atoms with Crippen LogP contribution in [0, 0.1) is 0 Å². The van der Waals surface area contributed by atoms with Gasteiger partial charge in [0.1, 0.15) is 11.6 Å². The van der Waals surface area contributed by atoms with Crippen molar-refractivity contribution in [3.8, 4) is 11.4 Å². The lowest BCUT2D eigenvalue weighted by Crippen LogP contribution is -2.19. The Hall–Kier alpha value is -1.50. The largest absolute Gasteiger partial charge is 0.433 e. The van der Waals surface area contributed by atoms with Gasteiger partial charge in [0.25, 0.3) is 0 Å². The number of nitrogens with zero attached hydrogens (tertiary/aromatic N) is 3. The Kier molecular flexibility index (Phi) is 4.92. The van der Waals surface area contributed by atoms with Gasteiger partial charge in [-0.2, -0.15) is 8.78 Å². The van der Waals surface area contributed by atoms with E-state index in [2.05, 4.69) is 37.7 Å². The van der Waals surface area contributed by atoms with Gasteiger partial charge in [-0.05, 0) is 46.6 Å². The highest BCUT2D eigenvalue weighted by Crippen LogP contribution is 2.23. The Morgan fingerprint density at radius 3 is 2.52 bits per heavy atom. The van der Waals surface area contributed by atoms with Gasteiger partial charge < -0.3 is 4.74 Å². The topological polar surface area (TPSA) is 39.9 Å². The highest BCUT2D eigenvalue weighted by Gasteiger charge is 2.23. The van der Waals surface area contributed by atoms with Crippen LogP contribution in [0.4, 0.5) is 8.78 Å². The van der Waals surface area contributed by atoms with Crippen molar-refractivity contribution in [2.75, 3.05) is 0 Å². The van der Waals surface area contributed by atoms with Crippen LogP contribution in [0.3, 0.4) is 0 Å². The van der Waals surface area contributed by atoms with Crippen LogP contribution >= 0.6 is 15.9 Å². The number of halogens is 3. The molecule has 1 heterocycles. The molecule has 0 bridgehead atoms. The Morgan fingerprint density at radius 2 is 1.95 bits per heavy atom. The Labute approximate surface area is 130 Å². The number of aryl methyl sites for hydroxylation is 1. The van der Waals surface area contributed by atoms with Crippen molar-refractivity contribution in [1.29, 1.82) is 0 Å². The van der Waals surface area contributed by atoms with E-state index in [-0.39, 0.29) is 5.75 Å². The first-order valence-corrected chi connectivity index (χ1v) is 7.47. The molecule has 0 saturated heterocycles. The molecule has 114 valence electrons. The lowest BCUT2D eigenvalue weighted by atomic mass is 10.2. The number of ether oxygens (including phenoxy) is 1. The average molecular weight is 360 g/mol. The Bertz CT molecular complexity index is 593. The zero-order valence-electron chi connectivity index (χ0n) is 11.8. The maximum atomic E-state index is 12.8. The Morgan fingerprint density at radius 1 is 1.29 bits per heavy atom. The van der Waals surface area contributed by atoms with Crippen LogP contribution in [0.1, 0.15) is 32.5 Å². The second-order valence-corrected chi connectivity index (χ2v) is 5.43. The first kappa shape index (κ1) is 15.9. The summed E-state index contributed by atoms with van der Waals surface area (Å²) in [5.41, 5.74) is 0.756. The van der Waals surface area contributed by atoms with Gasteiger partial charge in [-0.25, -0.2) is 9.67 Å². The van der Waals surface area contributed by atoms with E-state index < -0.39 is 6.11 Å². The minimum Gasteiger partial charge on any atom is -0.433 e. The molecule has 0 spiro atoms. The maximum absolute atomic E-state index is 12.8. The van der Waals surface area contributed by atoms with E-state index in [0.717, 1.165) is 30.8 Å². The van der Waals surface area contributed by atoms with Crippen LogP contribution in [0.15, 0.2) is 29.0 Å². The van der Waals surface area contributed by atoms with Crippen molar-refractivity contribution in [1.82, 2.24) is 14.8 Å². The molecule has 2 aromatic rings. The number of unbranched alkanes of at least 4 members (excludes halogenated alkanes) is 1. The molecule has 0 aliphatic carbocycles. The molecule has 0 saturated carbocycles. The normalized spacial score (nSPS) is 11.7. The number of aromatic nitrogens is 3. The van der Waals surface area contributed by atoms with Crippen LogP contribution in [-0.4, -0.2) is 20.9 Å². The molecule has 0 fully saturated rings. The summed E-state index contributed by atoms with van der Waals surface area (Å²) in [6, 6.07) is 6.34. The van der Waals surface area contributed by atoms with Crippen LogP contribution < -0.4 is 4.74 Å². The molecule has 0 unspecified atom stereocenters. The van der Waals surface area contributed by atoms with Gasteiger partial charge in [-0.15, -0.1) is 5.10 Å². The number of hydrogen-bond acceptors (Lipinski definition) is 3. The zero-order chi connectivity index (χ0) is 15.5. The third kappa shape index (κ3) is 4.49. The average Bonchev–Trinajstić information content (AvgIpc) is 2.76. The van der Waals surface area contributed by atoms with Crippen molar-refractivity contribution in [3.63, 3.8) is 0 Å². The molecule has 0 amide bonds. The minimum absolute atomic E-state index is 0.112. The van der Waals surface area contributed by atoms with Crippen LogP contribution in [-0.2, 0) is 6.42 Å². The van der Waals surface area contributed by atoms with Gasteiger partial charge in [0.05, 0.1) is 5.69 Å². The second-order valence-electron chi connectivity index (χ2n) is 4.72. The summed E-state index contributed by atoms with van der Waals surface area (Å²) in [4.78, 5) is 4.32. The molecule has 2 rings (SSSR count). The van der Waals surface area contributed by atoms with Crippen molar-refractivity contribution in [3.05, 3.63) is 34.8 Å². The minimum atomic E-state index is -3.19. The molecule has 0 radical (unpaired) electrons. The summed E-state index contributed by atoms with van der Waals surface area (Å²) in [5.74, 6) is 0.943. The molecular weight excluding hydrogens is 344 g/mol. The first-order valence-electron chi connectivity index (χ1n) is 6.68. The van der Waals surface area contributed by atoms with Crippen LogP contribution in [0.25, 0.3) is 5.69 Å². The van der Waals surface area contributed by atoms with E-state index >= 15 is 0 Å². The highest BCUT2D eigenvalue weighted by molar-refractivity contribution is 9.10. The second kappa shape index (κ2) is 6.51. The number of rotatable bonds is 6. The molecular formula is C14H16BrF2N3O.